The number of hydrogen-bond donors (Lipinski definition) is 4. The summed E-state index contributed by atoms with van der Waals surface area (Å²) in [6.45, 7) is 0. The number of fused-ring (bicyclic) bond motifs is 6. The van der Waals surface area contributed by atoms with Gasteiger partial charge in [-0.2, -0.15) is 0 Å². The molecule has 9 rings (SSSR count). The topological polar surface area (TPSA) is 48.1 Å². The molecule has 4 nitrogen and oxygen atoms in total. The van der Waals surface area contributed by atoms with Gasteiger partial charge >= 0.3 is 0 Å². The molecule has 2 aliphatic rings. The van der Waals surface area contributed by atoms with Crippen LogP contribution >= 0.6 is 11.8 Å². The molecule has 2 aliphatic heterocycles. The van der Waals surface area contributed by atoms with Crippen LogP contribution in [-0.2, 0) is 0 Å². The first-order valence-electron chi connectivity index (χ1n) is 15.6. The van der Waals surface area contributed by atoms with Gasteiger partial charge in [-0.15, -0.1) is 0 Å². The molecule has 0 aromatic heterocycles. The van der Waals surface area contributed by atoms with Crippen molar-refractivity contribution in [2.75, 3.05) is 5.32 Å². The summed E-state index contributed by atoms with van der Waals surface area (Å²) in [7, 11) is 0. The molecule has 0 radical (unpaired) electrons. The van der Waals surface area contributed by atoms with E-state index < -0.39 is 0 Å². The minimum Gasteiger partial charge on any atom is -0.368 e. The zero-order chi connectivity index (χ0) is 29.7. The zero-order valence-electron chi connectivity index (χ0n) is 24.6. The fourth-order valence-corrected chi connectivity index (χ4v) is 8.04. The van der Waals surface area contributed by atoms with Crippen molar-refractivity contribution in [3.05, 3.63) is 168 Å². The fourth-order valence-electron chi connectivity index (χ4n) is 6.90. The van der Waals surface area contributed by atoms with Gasteiger partial charge in [0.2, 0.25) is 0 Å². The van der Waals surface area contributed by atoms with E-state index in [1.165, 1.54) is 65.2 Å². The molecule has 7 aromatic carbocycles. The van der Waals surface area contributed by atoms with E-state index in [0.717, 1.165) is 0 Å². The molecule has 0 aliphatic carbocycles. The van der Waals surface area contributed by atoms with Gasteiger partial charge in [0.1, 0.15) is 5.37 Å². The van der Waals surface area contributed by atoms with E-state index in [9.17, 15) is 0 Å². The largest absolute Gasteiger partial charge is 0.368 e. The lowest BCUT2D eigenvalue weighted by atomic mass is 9.97. The third-order valence-electron chi connectivity index (χ3n) is 9.18. The Hall–Kier alpha value is -4.65. The molecule has 1 saturated heterocycles. The van der Waals surface area contributed by atoms with Gasteiger partial charge in [0, 0.05) is 10.3 Å². The minimum absolute atomic E-state index is 0.00601. The molecule has 2 heterocycles. The summed E-state index contributed by atoms with van der Waals surface area (Å²) in [6.07, 6.45) is -0.0211. The molecule has 0 amide bonds. The summed E-state index contributed by atoms with van der Waals surface area (Å²) in [6, 6.07) is 52.7. The second kappa shape index (κ2) is 11.1. The van der Waals surface area contributed by atoms with Gasteiger partial charge in [-0.05, 0) is 67.4 Å². The highest BCUT2D eigenvalue weighted by molar-refractivity contribution is 8.00. The number of hydrogen-bond acceptors (Lipinski definition) is 5. The highest BCUT2D eigenvalue weighted by Gasteiger charge is 2.30. The van der Waals surface area contributed by atoms with Crippen LogP contribution in [0.2, 0.25) is 0 Å². The first-order chi connectivity index (χ1) is 22.3. The van der Waals surface area contributed by atoms with E-state index in [1.54, 1.807) is 0 Å². The van der Waals surface area contributed by atoms with Crippen molar-refractivity contribution in [3.63, 3.8) is 0 Å². The molecule has 45 heavy (non-hydrogen) atoms. The first kappa shape index (κ1) is 26.7. The maximum Gasteiger partial charge on any atom is 0.103 e. The molecule has 0 spiro atoms. The van der Waals surface area contributed by atoms with Crippen molar-refractivity contribution in [2.45, 2.75) is 28.8 Å². The van der Waals surface area contributed by atoms with Gasteiger partial charge in [0.05, 0.1) is 24.2 Å². The summed E-state index contributed by atoms with van der Waals surface area (Å²) < 4.78 is 0. The average Bonchev–Trinajstić information content (AvgIpc) is 3.56. The molecule has 4 N–H and O–H groups in total. The number of rotatable bonds is 4. The monoisotopic (exact) mass is 600 g/mol. The number of benzene rings is 7. The standard InChI is InChI=1S/C40H32N4S/c1-3-10-27(11-4-1)37-42-38(28-12-5-2-6-13-28)44-39(43-37)31-19-21-33-30(24-31)17-16-26-20-22-34-36(35(26)33)41-40(45-34)32-18-15-25-9-7-8-14-29(25)23-32/h1-24,37-44H. The van der Waals surface area contributed by atoms with Crippen LogP contribution in [0.3, 0.4) is 0 Å². The maximum atomic E-state index is 3.91. The summed E-state index contributed by atoms with van der Waals surface area (Å²) in [5.74, 6) is 0. The van der Waals surface area contributed by atoms with Crippen LogP contribution < -0.4 is 21.3 Å². The lowest BCUT2D eigenvalue weighted by Crippen LogP contribution is -2.54. The Morgan fingerprint density at radius 3 is 1.71 bits per heavy atom. The van der Waals surface area contributed by atoms with Crippen molar-refractivity contribution in [1.29, 1.82) is 0 Å². The number of anilines is 1. The van der Waals surface area contributed by atoms with Crippen LogP contribution in [0.25, 0.3) is 32.3 Å². The van der Waals surface area contributed by atoms with Crippen molar-refractivity contribution in [2.24, 2.45) is 0 Å². The van der Waals surface area contributed by atoms with E-state index >= 15 is 0 Å². The quantitative estimate of drug-likeness (QED) is 0.152. The molecule has 0 saturated carbocycles. The Kier molecular flexibility index (Phi) is 6.57. The molecule has 3 unspecified atom stereocenters. The van der Waals surface area contributed by atoms with Crippen molar-refractivity contribution < 1.29 is 0 Å². The lowest BCUT2D eigenvalue weighted by Gasteiger charge is -2.39. The van der Waals surface area contributed by atoms with Gasteiger partial charge in [-0.3, -0.25) is 16.0 Å². The predicted octanol–water partition coefficient (Wildman–Crippen LogP) is 9.54. The molecule has 7 aromatic rings. The summed E-state index contributed by atoms with van der Waals surface area (Å²) in [5, 5.41) is 23.1. The first-order valence-corrected chi connectivity index (χ1v) is 16.4. The molecule has 5 heteroatoms. The summed E-state index contributed by atoms with van der Waals surface area (Å²) in [5.41, 5.74) is 6.19. The maximum absolute atomic E-state index is 3.91. The fraction of sp³-hybridized carbons (Fsp3) is 0.100. The van der Waals surface area contributed by atoms with Crippen LogP contribution in [-0.4, -0.2) is 0 Å². The van der Waals surface area contributed by atoms with Gasteiger partial charge in [-0.1, -0.05) is 139 Å². The average molecular weight is 601 g/mol. The van der Waals surface area contributed by atoms with Gasteiger partial charge < -0.3 is 5.32 Å². The SMILES string of the molecule is c1ccc(C2NC(c3ccccc3)NC(c3ccc4c(ccc5ccc6c(c54)NC(c4ccc5ccccc5c4)S6)c3)N2)cc1. The van der Waals surface area contributed by atoms with E-state index in [-0.39, 0.29) is 23.9 Å². The lowest BCUT2D eigenvalue weighted by molar-refractivity contribution is 0.203. The molecule has 0 bridgehead atoms. The van der Waals surface area contributed by atoms with E-state index in [2.05, 4.69) is 167 Å². The summed E-state index contributed by atoms with van der Waals surface area (Å²) in [4.78, 5) is 1.30. The Bertz CT molecular complexity index is 2140. The Morgan fingerprint density at radius 2 is 0.978 bits per heavy atom. The van der Waals surface area contributed by atoms with Gasteiger partial charge in [-0.25, -0.2) is 0 Å². The second-order valence-electron chi connectivity index (χ2n) is 12.0. The van der Waals surface area contributed by atoms with Crippen LogP contribution in [0.15, 0.2) is 150 Å². The highest BCUT2D eigenvalue weighted by atomic mass is 32.2. The Labute approximate surface area is 266 Å². The predicted molar refractivity (Wildman–Crippen MR) is 188 cm³/mol. The van der Waals surface area contributed by atoms with Crippen molar-refractivity contribution in [1.82, 2.24) is 16.0 Å². The molecule has 3 atom stereocenters. The van der Waals surface area contributed by atoms with Gasteiger partial charge in [0.25, 0.3) is 0 Å². The van der Waals surface area contributed by atoms with Crippen molar-refractivity contribution >= 4 is 49.8 Å². The van der Waals surface area contributed by atoms with E-state index in [4.69, 9.17) is 0 Å². The molecule has 1 fully saturated rings. The van der Waals surface area contributed by atoms with E-state index in [0.29, 0.717) is 0 Å². The van der Waals surface area contributed by atoms with Crippen LogP contribution in [0.1, 0.15) is 46.1 Å². The Morgan fingerprint density at radius 1 is 0.422 bits per heavy atom. The minimum atomic E-state index is -0.0331. The summed E-state index contributed by atoms with van der Waals surface area (Å²) >= 11 is 1.91. The van der Waals surface area contributed by atoms with Crippen LogP contribution in [0.4, 0.5) is 5.69 Å². The smallest absolute Gasteiger partial charge is 0.103 e. The molecule has 218 valence electrons. The van der Waals surface area contributed by atoms with Crippen molar-refractivity contribution in [3.8, 4) is 0 Å². The van der Waals surface area contributed by atoms with E-state index in [1.807, 2.05) is 11.8 Å². The second-order valence-corrected chi connectivity index (χ2v) is 13.1. The zero-order valence-corrected chi connectivity index (χ0v) is 25.4. The normalized spacial score (nSPS) is 21.2. The number of thioether (sulfide) groups is 1. The third kappa shape index (κ3) is 4.85. The van der Waals surface area contributed by atoms with Crippen LogP contribution in [0.5, 0.6) is 0 Å². The highest BCUT2D eigenvalue weighted by Crippen LogP contribution is 2.51. The third-order valence-corrected chi connectivity index (χ3v) is 10.4. The van der Waals surface area contributed by atoms with Gasteiger partial charge in [0.15, 0.2) is 0 Å². The molecular weight excluding hydrogens is 569 g/mol. The number of nitrogens with one attached hydrogen (secondary N) is 4. The van der Waals surface area contributed by atoms with Crippen LogP contribution in [0, 0.1) is 0 Å². The Balaban J connectivity index is 1.08. The molecular formula is C40H32N4S.